The monoisotopic (exact) mass is 548 g/mol. The maximum absolute atomic E-state index is 12.3. The fourth-order valence-electron chi connectivity index (χ4n) is 10.2. The van der Waals surface area contributed by atoms with E-state index in [1.165, 1.54) is 44.9 Å². The second-order valence-corrected chi connectivity index (χ2v) is 14.3. The van der Waals surface area contributed by atoms with Crippen LogP contribution in [0.15, 0.2) is 5.18 Å². The normalized spacial score (nSPS) is 41.3. The van der Waals surface area contributed by atoms with Gasteiger partial charge in [-0.05, 0) is 143 Å². The lowest BCUT2D eigenvalue weighted by molar-refractivity contribution is -0.126. The van der Waals surface area contributed by atoms with E-state index in [0.29, 0.717) is 41.0 Å². The predicted octanol–water partition coefficient (Wildman–Crippen LogP) is 5.67. The van der Waals surface area contributed by atoms with Crippen LogP contribution in [0.2, 0.25) is 0 Å². The predicted molar refractivity (Wildman–Crippen MR) is 159 cm³/mol. The zero-order chi connectivity index (χ0) is 28.0. The topological polar surface area (TPSA) is 95.0 Å². The molecule has 0 aromatic carbocycles. The molecule has 0 amide bonds. The molecule has 0 aromatic heterocycles. The van der Waals surface area contributed by atoms with Gasteiger partial charge in [0, 0.05) is 19.8 Å². The highest BCUT2D eigenvalue weighted by molar-refractivity contribution is 5.12. The van der Waals surface area contributed by atoms with Crippen molar-refractivity contribution in [3.05, 3.63) is 4.91 Å². The van der Waals surface area contributed by atoms with E-state index in [2.05, 4.69) is 48.8 Å². The Morgan fingerprint density at radius 1 is 0.949 bits per heavy atom. The van der Waals surface area contributed by atoms with Crippen molar-refractivity contribution >= 4 is 0 Å². The second-order valence-electron chi connectivity index (χ2n) is 14.3. The van der Waals surface area contributed by atoms with Crippen molar-refractivity contribution in [3.8, 4) is 0 Å². The number of methoxy groups -OCH3 is 1. The summed E-state index contributed by atoms with van der Waals surface area (Å²) in [5, 5.41) is 24.6. The van der Waals surface area contributed by atoms with Crippen molar-refractivity contribution in [3.63, 3.8) is 0 Å². The summed E-state index contributed by atoms with van der Waals surface area (Å²) in [6, 6.07) is 0.455. The number of ether oxygens (including phenoxy) is 1. The van der Waals surface area contributed by atoms with Crippen LogP contribution in [0.4, 0.5) is 0 Å². The number of aliphatic hydroxyl groups excluding tert-OH is 1. The molecule has 4 rings (SSSR count). The number of nitrogens with one attached hydrogen (secondary N) is 3. The molecule has 7 heteroatoms. The molecule has 0 bridgehead atoms. The molecule has 0 heterocycles. The van der Waals surface area contributed by atoms with Crippen molar-refractivity contribution in [2.45, 2.75) is 123 Å². The lowest BCUT2D eigenvalue weighted by Crippen LogP contribution is -2.59. The highest BCUT2D eigenvalue weighted by Gasteiger charge is 2.62. The zero-order valence-electron chi connectivity index (χ0n) is 25.7. The van der Waals surface area contributed by atoms with Gasteiger partial charge in [-0.25, -0.2) is 0 Å². The SMILES string of the molecule is CCCNCCCNCN[C@@H]1CC[C@]2(C)C3CC[C@]4(C)C(C(C)CCC(O)OC)CCC4C3C[C@@H](N=O)C2C1. The van der Waals surface area contributed by atoms with E-state index in [1.807, 2.05) is 0 Å². The minimum absolute atomic E-state index is 0.0332. The van der Waals surface area contributed by atoms with Gasteiger partial charge in [-0.15, -0.1) is 0 Å². The van der Waals surface area contributed by atoms with Gasteiger partial charge >= 0.3 is 0 Å². The summed E-state index contributed by atoms with van der Waals surface area (Å²) in [6.07, 6.45) is 13.2. The lowest BCUT2D eigenvalue weighted by atomic mass is 9.43. The summed E-state index contributed by atoms with van der Waals surface area (Å²) < 4.78 is 5.11. The third-order valence-electron chi connectivity index (χ3n) is 12.4. The van der Waals surface area contributed by atoms with Crippen molar-refractivity contribution in [2.24, 2.45) is 51.5 Å². The molecule has 4 fully saturated rings. The van der Waals surface area contributed by atoms with Gasteiger partial charge in [0.1, 0.15) is 0 Å². The fourth-order valence-corrected chi connectivity index (χ4v) is 10.2. The number of nitrogens with zero attached hydrogens (tertiary/aromatic N) is 1. The molecule has 0 radical (unpaired) electrons. The van der Waals surface area contributed by atoms with Crippen LogP contribution in [0.3, 0.4) is 0 Å². The molecule has 11 atom stereocenters. The zero-order valence-corrected chi connectivity index (χ0v) is 25.7. The molecule has 7 nitrogen and oxygen atoms in total. The van der Waals surface area contributed by atoms with Gasteiger partial charge in [0.15, 0.2) is 6.29 Å². The maximum atomic E-state index is 12.3. The summed E-state index contributed by atoms with van der Waals surface area (Å²) in [7, 11) is 1.59. The van der Waals surface area contributed by atoms with E-state index in [9.17, 15) is 10.0 Å². The molecule has 226 valence electrons. The highest BCUT2D eigenvalue weighted by Crippen LogP contribution is 2.68. The quantitative estimate of drug-likeness (QED) is 0.120. The van der Waals surface area contributed by atoms with E-state index >= 15 is 0 Å². The van der Waals surface area contributed by atoms with Gasteiger partial charge in [0.25, 0.3) is 0 Å². The Morgan fingerprint density at radius 3 is 2.44 bits per heavy atom. The van der Waals surface area contributed by atoms with Crippen LogP contribution in [0.25, 0.3) is 0 Å². The minimum atomic E-state index is -0.643. The first kappa shape index (κ1) is 31.3. The third-order valence-corrected chi connectivity index (χ3v) is 12.4. The highest BCUT2D eigenvalue weighted by atomic mass is 16.6. The number of hydrogen-bond acceptors (Lipinski definition) is 7. The van der Waals surface area contributed by atoms with E-state index < -0.39 is 6.29 Å². The van der Waals surface area contributed by atoms with Crippen molar-refractivity contribution in [1.29, 1.82) is 0 Å². The summed E-state index contributed by atoms with van der Waals surface area (Å²) in [4.78, 5) is 12.3. The van der Waals surface area contributed by atoms with Gasteiger partial charge in [-0.1, -0.05) is 32.9 Å². The molecule has 4 aliphatic rings. The average molecular weight is 549 g/mol. The summed E-state index contributed by atoms with van der Waals surface area (Å²) in [5.41, 5.74) is 0.595. The molecule has 0 saturated heterocycles. The van der Waals surface area contributed by atoms with Crippen LogP contribution in [0, 0.1) is 51.2 Å². The Hall–Kier alpha value is -0.600. The Bertz CT molecular complexity index is 770. The first-order valence-electron chi connectivity index (χ1n) is 16.5. The number of hydrogen-bond donors (Lipinski definition) is 4. The number of rotatable bonds is 15. The van der Waals surface area contributed by atoms with E-state index in [0.717, 1.165) is 64.3 Å². The van der Waals surface area contributed by atoms with Crippen molar-refractivity contribution < 1.29 is 9.84 Å². The van der Waals surface area contributed by atoms with Gasteiger partial charge in [0.05, 0.1) is 6.04 Å². The fraction of sp³-hybridized carbons (Fsp3) is 1.00. The summed E-state index contributed by atoms with van der Waals surface area (Å²) >= 11 is 0. The number of fused-ring (bicyclic) bond motifs is 5. The van der Waals surface area contributed by atoms with Gasteiger partial charge in [0.2, 0.25) is 0 Å². The van der Waals surface area contributed by atoms with Crippen LogP contribution >= 0.6 is 0 Å². The standard InChI is InChI=1S/C32H60N4O3/c1-6-16-33-17-7-18-34-21-35-23-12-14-32(4)27-13-15-31(3)25(22(2)8-11-30(37)39-5)9-10-26(31)24(27)20-29(36-38)28(32)19-23/h22-30,33-35,37H,6-21H2,1-5H3/t22?,23-,24?,25?,26?,27?,28?,29-,30?,31-,32-/m1/s1. The molecule has 4 aliphatic carbocycles. The average Bonchev–Trinajstić information content (AvgIpc) is 3.30. The molecule has 7 unspecified atom stereocenters. The second kappa shape index (κ2) is 14.0. The Balaban J connectivity index is 1.34. The number of nitroso groups, excluding NO2 is 1. The summed E-state index contributed by atoms with van der Waals surface area (Å²) in [5.74, 6) is 3.80. The van der Waals surface area contributed by atoms with Gasteiger partial charge in [-0.2, -0.15) is 4.91 Å². The molecule has 4 saturated carbocycles. The van der Waals surface area contributed by atoms with E-state index in [4.69, 9.17) is 4.74 Å². The van der Waals surface area contributed by atoms with Crippen LogP contribution in [-0.2, 0) is 4.74 Å². The first-order valence-corrected chi connectivity index (χ1v) is 16.5. The van der Waals surface area contributed by atoms with Crippen LogP contribution < -0.4 is 16.0 Å². The molecule has 4 N–H and O–H groups in total. The van der Waals surface area contributed by atoms with Crippen molar-refractivity contribution in [2.75, 3.05) is 33.4 Å². The molecule has 0 aromatic rings. The van der Waals surface area contributed by atoms with E-state index in [-0.39, 0.29) is 11.5 Å². The largest absolute Gasteiger partial charge is 0.368 e. The molecular weight excluding hydrogens is 488 g/mol. The third kappa shape index (κ3) is 6.74. The molecule has 39 heavy (non-hydrogen) atoms. The molecule has 0 aliphatic heterocycles. The molecule has 0 spiro atoms. The van der Waals surface area contributed by atoms with Crippen LogP contribution in [0.5, 0.6) is 0 Å². The maximum Gasteiger partial charge on any atom is 0.154 e. The molecular formula is C32H60N4O3. The minimum Gasteiger partial charge on any atom is -0.368 e. The van der Waals surface area contributed by atoms with Gasteiger partial charge in [-0.3, -0.25) is 0 Å². The van der Waals surface area contributed by atoms with Crippen LogP contribution in [0.1, 0.15) is 105 Å². The number of aliphatic hydroxyl groups is 1. The summed E-state index contributed by atoms with van der Waals surface area (Å²) in [6.45, 7) is 13.8. The Kier molecular flexibility index (Phi) is 11.3. The first-order chi connectivity index (χ1) is 18.8. The van der Waals surface area contributed by atoms with Crippen molar-refractivity contribution in [1.82, 2.24) is 16.0 Å². The smallest absolute Gasteiger partial charge is 0.154 e. The van der Waals surface area contributed by atoms with Gasteiger partial charge < -0.3 is 25.8 Å². The van der Waals surface area contributed by atoms with Crippen LogP contribution in [-0.4, -0.2) is 56.9 Å². The lowest BCUT2D eigenvalue weighted by Gasteiger charge is -2.62. The Morgan fingerprint density at radius 2 is 1.69 bits per heavy atom. The van der Waals surface area contributed by atoms with E-state index in [1.54, 1.807) is 7.11 Å². The Labute approximate surface area is 238 Å².